The van der Waals surface area contributed by atoms with Gasteiger partial charge in [-0.3, -0.25) is 4.79 Å². The minimum absolute atomic E-state index is 0.298. The number of rotatable bonds is 7. The minimum Gasteiger partial charge on any atom is -0.493 e. The number of aromatic nitrogens is 2. The van der Waals surface area contributed by atoms with Gasteiger partial charge in [0.1, 0.15) is 12.2 Å². The zero-order chi connectivity index (χ0) is 26.8. The number of nitrogens with zero attached hydrogens (tertiary/aromatic N) is 3. The Kier molecular flexibility index (Phi) is 6.69. The molecule has 0 N–H and O–H groups in total. The molecule has 0 amide bonds. The van der Waals surface area contributed by atoms with E-state index in [4.69, 9.17) is 18.9 Å². The van der Waals surface area contributed by atoms with Crippen molar-refractivity contribution in [2.45, 2.75) is 6.61 Å². The van der Waals surface area contributed by atoms with Gasteiger partial charge in [0, 0.05) is 15.4 Å². The molecule has 4 aromatic carbocycles. The molecule has 0 radical (unpaired) electrons. The Morgan fingerprint density at radius 3 is 2.59 bits per heavy atom. The number of furan rings is 1. The van der Waals surface area contributed by atoms with Crippen LogP contribution >= 0.6 is 15.9 Å². The smallest absolute Gasteiger partial charge is 0.282 e. The van der Waals surface area contributed by atoms with Crippen LogP contribution in [0.4, 0.5) is 0 Å². The lowest BCUT2D eigenvalue weighted by Crippen LogP contribution is -2.20. The molecule has 0 saturated heterocycles. The molecule has 192 valence electrons. The van der Waals surface area contributed by atoms with Crippen LogP contribution < -0.4 is 15.0 Å². The SMILES string of the molecule is COc1cccc(C=Nn2c(-c3cc4ccccc4o3)nc3ccccc3c2=O)c1OCc1ccc(Br)cc1. The standard InChI is InChI=1S/C31H22BrN3O4/c1-37-27-12-6-8-22(29(27)38-19-20-13-15-23(32)16-14-20)18-33-35-30(28-17-21-7-2-5-11-26(21)39-28)34-25-10-4-3-9-24(25)31(35)36/h2-18H,19H2,1H3. The second-order valence-electron chi connectivity index (χ2n) is 8.76. The lowest BCUT2D eigenvalue weighted by molar-refractivity contribution is 0.284. The summed E-state index contributed by atoms with van der Waals surface area (Å²) in [6.45, 7) is 0.330. The minimum atomic E-state index is -0.312. The van der Waals surface area contributed by atoms with Crippen LogP contribution in [0, 0.1) is 0 Å². The van der Waals surface area contributed by atoms with E-state index in [0.717, 1.165) is 15.4 Å². The molecule has 2 aromatic heterocycles. The first kappa shape index (κ1) is 24.6. The Morgan fingerprint density at radius 1 is 0.974 bits per heavy atom. The molecule has 6 aromatic rings. The molecule has 0 aliphatic heterocycles. The van der Waals surface area contributed by atoms with E-state index in [-0.39, 0.29) is 5.56 Å². The van der Waals surface area contributed by atoms with Crippen molar-refractivity contribution in [1.29, 1.82) is 0 Å². The van der Waals surface area contributed by atoms with Crippen LogP contribution in [0.1, 0.15) is 11.1 Å². The van der Waals surface area contributed by atoms with Gasteiger partial charge in [-0.1, -0.05) is 64.5 Å². The summed E-state index contributed by atoms with van der Waals surface area (Å²) in [6, 6.07) is 30.1. The quantitative estimate of drug-likeness (QED) is 0.189. The maximum atomic E-state index is 13.6. The molecule has 0 atom stereocenters. The van der Waals surface area contributed by atoms with E-state index in [2.05, 4.69) is 21.0 Å². The van der Waals surface area contributed by atoms with Crippen molar-refractivity contribution in [1.82, 2.24) is 9.66 Å². The van der Waals surface area contributed by atoms with Gasteiger partial charge >= 0.3 is 0 Å². The van der Waals surface area contributed by atoms with Crippen LogP contribution in [-0.4, -0.2) is 23.0 Å². The van der Waals surface area contributed by atoms with Crippen LogP contribution in [0.3, 0.4) is 0 Å². The normalized spacial score (nSPS) is 11.4. The van der Waals surface area contributed by atoms with Gasteiger partial charge in [-0.25, -0.2) is 4.98 Å². The fourth-order valence-electron chi connectivity index (χ4n) is 4.29. The largest absolute Gasteiger partial charge is 0.493 e. The van der Waals surface area contributed by atoms with Gasteiger partial charge in [0.25, 0.3) is 5.56 Å². The number of methoxy groups -OCH3 is 1. The summed E-state index contributed by atoms with van der Waals surface area (Å²) >= 11 is 3.45. The third-order valence-corrected chi connectivity index (χ3v) is 6.77. The van der Waals surface area contributed by atoms with Gasteiger partial charge in [-0.05, 0) is 54.1 Å². The van der Waals surface area contributed by atoms with Crippen LogP contribution in [0.2, 0.25) is 0 Å². The molecule has 0 fully saturated rings. The first-order valence-electron chi connectivity index (χ1n) is 12.2. The molecule has 0 aliphatic rings. The highest BCUT2D eigenvalue weighted by atomic mass is 79.9. The van der Waals surface area contributed by atoms with Crippen molar-refractivity contribution in [3.8, 4) is 23.1 Å². The van der Waals surface area contributed by atoms with Gasteiger partial charge in [0.2, 0.25) is 5.82 Å². The lowest BCUT2D eigenvalue weighted by atomic mass is 10.2. The number of para-hydroxylation sites is 3. The van der Waals surface area contributed by atoms with E-state index in [1.165, 1.54) is 4.68 Å². The van der Waals surface area contributed by atoms with E-state index in [0.29, 0.717) is 51.7 Å². The van der Waals surface area contributed by atoms with Crippen molar-refractivity contribution in [3.05, 3.63) is 123 Å². The number of halogens is 1. The summed E-state index contributed by atoms with van der Waals surface area (Å²) in [5, 5.41) is 5.95. The number of ether oxygens (including phenoxy) is 2. The summed E-state index contributed by atoms with van der Waals surface area (Å²) < 4.78 is 20.1. The Balaban J connectivity index is 1.45. The molecule has 8 heteroatoms. The van der Waals surface area contributed by atoms with Gasteiger partial charge in [0.05, 0.1) is 24.2 Å². The van der Waals surface area contributed by atoms with Gasteiger partial charge in [0.15, 0.2) is 17.3 Å². The molecule has 0 aliphatic carbocycles. The van der Waals surface area contributed by atoms with Crippen molar-refractivity contribution < 1.29 is 13.9 Å². The Hall–Kier alpha value is -4.69. The third kappa shape index (κ3) is 4.94. The molecule has 39 heavy (non-hydrogen) atoms. The van der Waals surface area contributed by atoms with Crippen LogP contribution in [0.5, 0.6) is 11.5 Å². The first-order valence-corrected chi connectivity index (χ1v) is 13.0. The summed E-state index contributed by atoms with van der Waals surface area (Å²) in [6.07, 6.45) is 1.57. The van der Waals surface area contributed by atoms with E-state index in [1.807, 2.05) is 78.9 Å². The number of hydrogen-bond donors (Lipinski definition) is 0. The topological polar surface area (TPSA) is 78.9 Å². The number of fused-ring (bicyclic) bond motifs is 2. The average molecular weight is 580 g/mol. The summed E-state index contributed by atoms with van der Waals surface area (Å²) in [4.78, 5) is 18.4. The molecule has 0 unspecified atom stereocenters. The molecular weight excluding hydrogens is 558 g/mol. The van der Waals surface area contributed by atoms with Crippen LogP contribution in [-0.2, 0) is 6.61 Å². The van der Waals surface area contributed by atoms with E-state index in [1.54, 1.807) is 31.5 Å². The van der Waals surface area contributed by atoms with E-state index < -0.39 is 0 Å². The van der Waals surface area contributed by atoms with Gasteiger partial charge in [-0.2, -0.15) is 9.78 Å². The number of benzene rings is 4. The second kappa shape index (κ2) is 10.6. The van der Waals surface area contributed by atoms with Crippen LogP contribution in [0.25, 0.3) is 33.5 Å². The summed E-state index contributed by atoms with van der Waals surface area (Å²) in [5.41, 5.74) is 2.58. The maximum Gasteiger partial charge on any atom is 0.282 e. The molecule has 0 saturated carbocycles. The maximum absolute atomic E-state index is 13.6. The van der Waals surface area contributed by atoms with E-state index in [9.17, 15) is 4.79 Å². The fraction of sp³-hybridized carbons (Fsp3) is 0.0645. The molecule has 0 spiro atoms. The van der Waals surface area contributed by atoms with Crippen molar-refractivity contribution >= 4 is 44.0 Å². The molecule has 2 heterocycles. The highest BCUT2D eigenvalue weighted by Gasteiger charge is 2.17. The number of hydrogen-bond acceptors (Lipinski definition) is 6. The average Bonchev–Trinajstić information content (AvgIpc) is 3.41. The summed E-state index contributed by atoms with van der Waals surface area (Å²) in [5.74, 6) is 1.80. The second-order valence-corrected chi connectivity index (χ2v) is 9.67. The zero-order valence-corrected chi connectivity index (χ0v) is 22.5. The lowest BCUT2D eigenvalue weighted by Gasteiger charge is -2.13. The van der Waals surface area contributed by atoms with Crippen LogP contribution in [0.15, 0.2) is 116 Å². The van der Waals surface area contributed by atoms with Crippen molar-refractivity contribution in [2.75, 3.05) is 7.11 Å². The van der Waals surface area contributed by atoms with Gasteiger partial charge in [-0.15, -0.1) is 0 Å². The summed E-state index contributed by atoms with van der Waals surface area (Å²) in [7, 11) is 1.58. The monoisotopic (exact) mass is 579 g/mol. The van der Waals surface area contributed by atoms with E-state index >= 15 is 0 Å². The predicted molar refractivity (Wildman–Crippen MR) is 156 cm³/mol. The molecule has 0 bridgehead atoms. The Morgan fingerprint density at radius 2 is 1.77 bits per heavy atom. The fourth-order valence-corrected chi connectivity index (χ4v) is 4.55. The van der Waals surface area contributed by atoms with Crippen molar-refractivity contribution in [3.63, 3.8) is 0 Å². The van der Waals surface area contributed by atoms with Crippen molar-refractivity contribution in [2.24, 2.45) is 5.10 Å². The van der Waals surface area contributed by atoms with Gasteiger partial charge < -0.3 is 13.9 Å². The first-order chi connectivity index (χ1) is 19.1. The highest BCUT2D eigenvalue weighted by molar-refractivity contribution is 9.10. The highest BCUT2D eigenvalue weighted by Crippen LogP contribution is 2.31. The third-order valence-electron chi connectivity index (χ3n) is 6.24. The molecule has 6 rings (SSSR count). The molecular formula is C31H22BrN3O4. The Bertz CT molecular complexity index is 1860. The zero-order valence-electron chi connectivity index (χ0n) is 20.9. The predicted octanol–water partition coefficient (Wildman–Crippen LogP) is 7.04. The Labute approximate surface area is 232 Å². The molecule has 7 nitrogen and oxygen atoms in total.